The zero-order valence-corrected chi connectivity index (χ0v) is 27.5. The molecule has 0 spiro atoms. The van der Waals surface area contributed by atoms with Gasteiger partial charge in [-0.15, -0.1) is 0 Å². The van der Waals surface area contributed by atoms with Crippen molar-refractivity contribution < 1.29 is 4.42 Å². The smallest absolute Gasteiger partial charge is 0.161 e. The zero-order chi connectivity index (χ0) is 33.5. The van der Waals surface area contributed by atoms with Gasteiger partial charge in [-0.1, -0.05) is 140 Å². The van der Waals surface area contributed by atoms with Gasteiger partial charge in [-0.2, -0.15) is 0 Å². The Morgan fingerprint density at radius 2 is 1.35 bits per heavy atom. The van der Waals surface area contributed by atoms with E-state index in [-0.39, 0.29) is 5.92 Å². The van der Waals surface area contributed by atoms with Crippen molar-refractivity contribution in [3.05, 3.63) is 180 Å². The summed E-state index contributed by atoms with van der Waals surface area (Å²) in [4.78, 5) is 15.7. The van der Waals surface area contributed by atoms with Crippen molar-refractivity contribution >= 4 is 38.9 Å². The highest BCUT2D eigenvalue weighted by Crippen LogP contribution is 2.48. The molecule has 0 N–H and O–H groups in total. The second-order valence-electron chi connectivity index (χ2n) is 13.5. The molecule has 4 heteroatoms. The lowest BCUT2D eigenvalue weighted by Crippen LogP contribution is -2.18. The maximum absolute atomic E-state index is 6.31. The Morgan fingerprint density at radius 1 is 0.588 bits per heavy atom. The molecule has 0 fully saturated rings. The van der Waals surface area contributed by atoms with Gasteiger partial charge in [0.1, 0.15) is 11.1 Å². The average Bonchev–Trinajstić information content (AvgIpc) is 3.59. The van der Waals surface area contributed by atoms with E-state index in [0.717, 1.165) is 78.6 Å². The van der Waals surface area contributed by atoms with Crippen molar-refractivity contribution in [2.75, 3.05) is 0 Å². The van der Waals surface area contributed by atoms with E-state index in [4.69, 9.17) is 19.4 Å². The molecule has 0 radical (unpaired) electrons. The van der Waals surface area contributed by atoms with E-state index in [1.807, 2.05) is 24.3 Å². The van der Waals surface area contributed by atoms with Crippen LogP contribution >= 0.6 is 0 Å². The van der Waals surface area contributed by atoms with Gasteiger partial charge in [-0.3, -0.25) is 0 Å². The molecular weight excluding hydrogens is 623 g/mol. The number of benzene rings is 5. The summed E-state index contributed by atoms with van der Waals surface area (Å²) in [5, 5.41) is 3.13. The van der Waals surface area contributed by atoms with E-state index in [2.05, 4.69) is 134 Å². The molecule has 3 heterocycles. The van der Waals surface area contributed by atoms with Gasteiger partial charge in [0.2, 0.25) is 0 Å². The van der Waals surface area contributed by atoms with Gasteiger partial charge < -0.3 is 4.42 Å². The molecule has 3 aromatic heterocycles. The Balaban J connectivity index is 1.06. The second-order valence-corrected chi connectivity index (χ2v) is 13.5. The third-order valence-electron chi connectivity index (χ3n) is 10.6. The molecule has 3 aliphatic carbocycles. The maximum atomic E-state index is 6.31. The number of allylic oxidation sites excluding steroid dienone is 7. The molecule has 3 aliphatic rings. The third-order valence-corrected chi connectivity index (χ3v) is 10.6. The fraction of sp³-hybridized carbons (Fsp3) is 0.0426. The molecule has 51 heavy (non-hydrogen) atoms. The summed E-state index contributed by atoms with van der Waals surface area (Å²) in [5.41, 5.74) is 16.3. The summed E-state index contributed by atoms with van der Waals surface area (Å²) >= 11 is 0. The largest absolute Gasteiger partial charge is 0.454 e. The van der Waals surface area contributed by atoms with Crippen LogP contribution in [-0.4, -0.2) is 15.0 Å². The van der Waals surface area contributed by atoms with Crippen molar-refractivity contribution in [1.82, 2.24) is 15.0 Å². The number of furan rings is 1. The van der Waals surface area contributed by atoms with Gasteiger partial charge in [-0.25, -0.2) is 15.0 Å². The summed E-state index contributed by atoms with van der Waals surface area (Å²) in [5.74, 6) is 0.976. The lowest BCUT2D eigenvalue weighted by atomic mass is 9.70. The first-order valence-electron chi connectivity index (χ1n) is 17.4. The highest BCUT2D eigenvalue weighted by Gasteiger charge is 2.31. The van der Waals surface area contributed by atoms with Crippen molar-refractivity contribution in [2.45, 2.75) is 12.3 Å². The Hall–Kier alpha value is -6.65. The number of fused-ring (bicyclic) bond motifs is 5. The SMILES string of the molecule is C1=CC2=CCc3ccc(-c4cc(-c5ccccc5)nc(-c5ccc(-c6nc7c8ccccc8oc7c7ccccc67)cc5)n4)c4c3C2C(=C1)C=C4. The molecule has 8 aromatic rings. The number of hydrogen-bond acceptors (Lipinski definition) is 4. The first-order chi connectivity index (χ1) is 25.3. The molecule has 11 rings (SSSR count). The fourth-order valence-electron chi connectivity index (χ4n) is 8.19. The molecule has 1 unspecified atom stereocenters. The van der Waals surface area contributed by atoms with E-state index < -0.39 is 0 Å². The second kappa shape index (κ2) is 10.9. The van der Waals surface area contributed by atoms with Crippen molar-refractivity contribution in [3.63, 3.8) is 0 Å². The lowest BCUT2D eigenvalue weighted by Gasteiger charge is -2.34. The van der Waals surface area contributed by atoms with E-state index >= 15 is 0 Å². The molecule has 238 valence electrons. The van der Waals surface area contributed by atoms with Crippen LogP contribution in [0.25, 0.3) is 84.1 Å². The molecule has 4 nitrogen and oxygen atoms in total. The summed E-state index contributed by atoms with van der Waals surface area (Å²) in [7, 11) is 0. The monoisotopic (exact) mass is 651 g/mol. The number of pyridine rings is 1. The molecular formula is C47H29N3O. The number of nitrogens with zero attached hydrogens (tertiary/aromatic N) is 3. The van der Waals surface area contributed by atoms with Gasteiger partial charge >= 0.3 is 0 Å². The number of para-hydroxylation sites is 1. The predicted molar refractivity (Wildman–Crippen MR) is 207 cm³/mol. The van der Waals surface area contributed by atoms with Gasteiger partial charge in [0, 0.05) is 44.3 Å². The highest BCUT2D eigenvalue weighted by molar-refractivity contribution is 6.16. The third kappa shape index (κ3) is 4.36. The molecule has 1 atom stereocenters. The Labute approximate surface area is 294 Å². The van der Waals surface area contributed by atoms with E-state index in [0.29, 0.717) is 5.82 Å². The number of rotatable bonds is 4. The normalized spacial score (nSPS) is 15.6. The van der Waals surface area contributed by atoms with Crippen LogP contribution in [0.5, 0.6) is 0 Å². The average molecular weight is 652 g/mol. The quantitative estimate of drug-likeness (QED) is 0.190. The number of aromatic nitrogens is 3. The van der Waals surface area contributed by atoms with Crippen LogP contribution in [0, 0.1) is 0 Å². The van der Waals surface area contributed by atoms with Crippen LogP contribution in [0.15, 0.2) is 167 Å². The van der Waals surface area contributed by atoms with Crippen LogP contribution in [0.4, 0.5) is 0 Å². The summed E-state index contributed by atoms with van der Waals surface area (Å²) in [6, 6.07) is 42.1. The molecule has 0 bridgehead atoms. The molecule has 0 amide bonds. The van der Waals surface area contributed by atoms with E-state index in [1.54, 1.807) is 0 Å². The highest BCUT2D eigenvalue weighted by atomic mass is 16.3. The zero-order valence-electron chi connectivity index (χ0n) is 27.5. The Kier molecular flexibility index (Phi) is 6.05. The first kappa shape index (κ1) is 28.2. The molecule has 0 saturated heterocycles. The Morgan fingerprint density at radius 3 is 2.24 bits per heavy atom. The predicted octanol–water partition coefficient (Wildman–Crippen LogP) is 11.7. The van der Waals surface area contributed by atoms with Crippen LogP contribution in [0.3, 0.4) is 0 Å². The maximum Gasteiger partial charge on any atom is 0.161 e. The lowest BCUT2D eigenvalue weighted by molar-refractivity contribution is 0.672. The van der Waals surface area contributed by atoms with Crippen LogP contribution in [0.2, 0.25) is 0 Å². The van der Waals surface area contributed by atoms with Crippen LogP contribution in [-0.2, 0) is 6.42 Å². The molecule has 0 saturated carbocycles. The van der Waals surface area contributed by atoms with Gasteiger partial charge in [-0.05, 0) is 52.5 Å². The van der Waals surface area contributed by atoms with E-state index in [9.17, 15) is 0 Å². The van der Waals surface area contributed by atoms with Gasteiger partial charge in [0.25, 0.3) is 0 Å². The van der Waals surface area contributed by atoms with E-state index in [1.165, 1.54) is 27.8 Å². The van der Waals surface area contributed by atoms with Gasteiger partial charge in [0.15, 0.2) is 11.4 Å². The first-order valence-corrected chi connectivity index (χ1v) is 17.4. The summed E-state index contributed by atoms with van der Waals surface area (Å²) < 4.78 is 6.31. The minimum absolute atomic E-state index is 0.282. The minimum atomic E-state index is 0.282. The minimum Gasteiger partial charge on any atom is -0.454 e. The molecule has 0 aliphatic heterocycles. The van der Waals surface area contributed by atoms with Crippen molar-refractivity contribution in [1.29, 1.82) is 0 Å². The van der Waals surface area contributed by atoms with Crippen LogP contribution in [0.1, 0.15) is 22.6 Å². The number of hydrogen-bond donors (Lipinski definition) is 0. The van der Waals surface area contributed by atoms with Gasteiger partial charge in [0.05, 0.1) is 17.1 Å². The van der Waals surface area contributed by atoms with Crippen molar-refractivity contribution in [3.8, 4) is 45.2 Å². The topological polar surface area (TPSA) is 51.8 Å². The fourth-order valence-corrected chi connectivity index (χ4v) is 8.19. The summed E-state index contributed by atoms with van der Waals surface area (Å²) in [6.45, 7) is 0. The van der Waals surface area contributed by atoms with Crippen molar-refractivity contribution in [2.24, 2.45) is 0 Å². The van der Waals surface area contributed by atoms with Crippen LogP contribution < -0.4 is 0 Å². The molecule has 5 aromatic carbocycles. The standard InChI is InChI=1S/C47H29N3O/c1-2-9-28(10-3-1)39-27-40(34-25-23-31-18-17-29-11-8-12-30-24-26-35(34)43(31)42(29)30)49-47(48-39)33-21-19-32(20-22-33)44-36-13-4-5-14-37(36)46-45(50-44)38-15-6-7-16-41(38)51-46/h1-17,19-27,42H,18H2. The summed E-state index contributed by atoms with van der Waals surface area (Å²) in [6.07, 6.45) is 14.6. The Bertz CT molecular complexity index is 2870.